The Hall–Kier alpha value is -1.07. The summed E-state index contributed by atoms with van der Waals surface area (Å²) in [4.78, 5) is 12.2. The van der Waals surface area contributed by atoms with Crippen molar-refractivity contribution in [3.63, 3.8) is 0 Å². The van der Waals surface area contributed by atoms with Crippen molar-refractivity contribution < 1.29 is 9.00 Å². The van der Waals surface area contributed by atoms with E-state index in [0.717, 1.165) is 12.8 Å². The summed E-state index contributed by atoms with van der Waals surface area (Å²) in [7, 11) is -1.54. The van der Waals surface area contributed by atoms with Gasteiger partial charge in [-0.05, 0) is 31.9 Å². The van der Waals surface area contributed by atoms with Crippen LogP contribution < -0.4 is 11.1 Å². The molecule has 1 fully saturated rings. The van der Waals surface area contributed by atoms with Crippen LogP contribution in [0.4, 0.5) is 5.69 Å². The largest absolute Gasteiger partial charge is 0.398 e. The molecule has 1 aromatic rings. The fourth-order valence-electron chi connectivity index (χ4n) is 1.56. The zero-order chi connectivity index (χ0) is 13.3. The molecule has 3 N–H and O–H groups in total. The van der Waals surface area contributed by atoms with Crippen molar-refractivity contribution in [1.29, 1.82) is 0 Å². The minimum Gasteiger partial charge on any atom is -0.398 e. The Balaban J connectivity index is 2.16. The van der Waals surface area contributed by atoms with Crippen molar-refractivity contribution in [2.75, 3.05) is 5.73 Å². The molecule has 2 unspecified atom stereocenters. The maximum Gasteiger partial charge on any atom is 0.236 e. The number of benzene rings is 1. The Bertz CT molecular complexity index is 483. The van der Waals surface area contributed by atoms with Gasteiger partial charge in [-0.1, -0.05) is 17.7 Å². The maximum atomic E-state index is 12.3. The lowest BCUT2D eigenvalue weighted by Gasteiger charge is -2.14. The van der Waals surface area contributed by atoms with Gasteiger partial charge in [-0.15, -0.1) is 0 Å². The topological polar surface area (TPSA) is 72.2 Å². The molecular formula is C12H15ClN2O2S. The predicted molar refractivity (Wildman–Crippen MR) is 72.9 cm³/mol. The molecular weight excluding hydrogens is 272 g/mol. The number of halogens is 1. The summed E-state index contributed by atoms with van der Waals surface area (Å²) in [5.41, 5.74) is 6.12. The van der Waals surface area contributed by atoms with E-state index < -0.39 is 16.0 Å². The van der Waals surface area contributed by atoms with E-state index in [4.69, 9.17) is 17.3 Å². The monoisotopic (exact) mass is 286 g/mol. The molecule has 1 amide bonds. The Kier molecular flexibility index (Phi) is 3.92. The maximum absolute atomic E-state index is 12.3. The van der Waals surface area contributed by atoms with Crippen LogP contribution in [-0.4, -0.2) is 21.4 Å². The van der Waals surface area contributed by atoms with Crippen molar-refractivity contribution in [1.82, 2.24) is 5.32 Å². The van der Waals surface area contributed by atoms with E-state index in [2.05, 4.69) is 5.32 Å². The van der Waals surface area contributed by atoms with Crippen molar-refractivity contribution in [3.05, 3.63) is 23.2 Å². The van der Waals surface area contributed by atoms with Gasteiger partial charge in [0.15, 0.2) is 0 Å². The highest BCUT2D eigenvalue weighted by atomic mass is 35.5. The second kappa shape index (κ2) is 5.28. The summed E-state index contributed by atoms with van der Waals surface area (Å²) >= 11 is 5.99. The molecule has 1 saturated carbocycles. The van der Waals surface area contributed by atoms with Gasteiger partial charge in [-0.2, -0.15) is 0 Å². The highest BCUT2D eigenvalue weighted by molar-refractivity contribution is 7.86. The quantitative estimate of drug-likeness (QED) is 0.828. The number of nitrogens with one attached hydrogen (secondary N) is 1. The van der Waals surface area contributed by atoms with Crippen molar-refractivity contribution in [3.8, 4) is 0 Å². The molecule has 0 radical (unpaired) electrons. The minimum absolute atomic E-state index is 0.213. The van der Waals surface area contributed by atoms with E-state index >= 15 is 0 Å². The first kappa shape index (κ1) is 13.4. The third-order valence-electron chi connectivity index (χ3n) is 2.81. The lowest BCUT2D eigenvalue weighted by molar-refractivity contribution is -0.120. The summed E-state index contributed by atoms with van der Waals surface area (Å²) in [5.74, 6) is -0.213. The van der Waals surface area contributed by atoms with Gasteiger partial charge in [0.1, 0.15) is 5.25 Å². The van der Waals surface area contributed by atoms with Crippen molar-refractivity contribution in [2.24, 2.45) is 0 Å². The van der Waals surface area contributed by atoms with Gasteiger partial charge in [0, 0.05) is 11.7 Å². The standard InChI is InChI=1S/C12H15ClN2O2S/c1-7(12(16)15-8-5-6-8)18(17)11-9(13)3-2-4-10(11)14/h2-4,7-8H,5-6,14H2,1H3,(H,15,16). The summed E-state index contributed by atoms with van der Waals surface area (Å²) in [6.07, 6.45) is 2.00. The first-order chi connectivity index (χ1) is 8.50. The Morgan fingerprint density at radius 1 is 1.56 bits per heavy atom. The van der Waals surface area contributed by atoms with Crippen LogP contribution in [0.15, 0.2) is 23.1 Å². The average molecular weight is 287 g/mol. The lowest BCUT2D eigenvalue weighted by atomic mass is 10.3. The summed E-state index contributed by atoms with van der Waals surface area (Å²) in [5, 5.41) is 2.50. The Morgan fingerprint density at radius 2 is 2.22 bits per heavy atom. The molecule has 0 bridgehead atoms. The van der Waals surface area contributed by atoms with Gasteiger partial charge in [-0.3, -0.25) is 9.00 Å². The highest BCUT2D eigenvalue weighted by Crippen LogP contribution is 2.28. The van der Waals surface area contributed by atoms with Crippen LogP contribution in [-0.2, 0) is 15.6 Å². The van der Waals surface area contributed by atoms with Crippen LogP contribution in [0.3, 0.4) is 0 Å². The molecule has 4 nitrogen and oxygen atoms in total. The second-order valence-corrected chi connectivity index (χ2v) is 6.50. The van der Waals surface area contributed by atoms with Crippen molar-refractivity contribution in [2.45, 2.75) is 36.0 Å². The number of carbonyl (C=O) groups excluding carboxylic acids is 1. The summed E-state index contributed by atoms with van der Waals surface area (Å²) < 4.78 is 12.3. The molecule has 0 aliphatic heterocycles. The number of nitrogen functional groups attached to an aromatic ring is 1. The zero-order valence-electron chi connectivity index (χ0n) is 9.98. The van der Waals surface area contributed by atoms with E-state index in [-0.39, 0.29) is 11.9 Å². The third-order valence-corrected chi connectivity index (χ3v) is 4.95. The molecule has 1 aromatic carbocycles. The Morgan fingerprint density at radius 3 is 2.78 bits per heavy atom. The SMILES string of the molecule is CC(C(=O)NC1CC1)S(=O)c1c(N)cccc1Cl. The molecule has 1 aliphatic rings. The average Bonchev–Trinajstić information content (AvgIpc) is 3.11. The number of amides is 1. The van der Waals surface area contributed by atoms with E-state index in [1.165, 1.54) is 0 Å². The number of hydrogen-bond acceptors (Lipinski definition) is 3. The van der Waals surface area contributed by atoms with E-state index in [0.29, 0.717) is 15.6 Å². The van der Waals surface area contributed by atoms with Gasteiger partial charge in [-0.25, -0.2) is 0 Å². The number of nitrogens with two attached hydrogens (primary N) is 1. The molecule has 2 rings (SSSR count). The fourth-order valence-corrected chi connectivity index (χ4v) is 3.14. The van der Waals surface area contributed by atoms with Crippen LogP contribution in [0.25, 0.3) is 0 Å². The molecule has 0 spiro atoms. The molecule has 18 heavy (non-hydrogen) atoms. The Labute approximate surface area is 113 Å². The number of carbonyl (C=O) groups is 1. The van der Waals surface area contributed by atoms with Crippen LogP contribution in [0.2, 0.25) is 5.02 Å². The van der Waals surface area contributed by atoms with E-state index in [9.17, 15) is 9.00 Å². The number of anilines is 1. The second-order valence-electron chi connectivity index (χ2n) is 4.38. The van der Waals surface area contributed by atoms with Gasteiger partial charge >= 0.3 is 0 Å². The van der Waals surface area contributed by atoms with Crippen LogP contribution in [0, 0.1) is 0 Å². The van der Waals surface area contributed by atoms with Gasteiger partial charge < -0.3 is 11.1 Å². The first-order valence-electron chi connectivity index (χ1n) is 5.75. The smallest absolute Gasteiger partial charge is 0.236 e. The first-order valence-corrected chi connectivity index (χ1v) is 7.34. The molecule has 0 heterocycles. The lowest BCUT2D eigenvalue weighted by Crippen LogP contribution is -2.36. The van der Waals surface area contributed by atoms with Crippen LogP contribution >= 0.6 is 11.6 Å². The zero-order valence-corrected chi connectivity index (χ0v) is 11.6. The van der Waals surface area contributed by atoms with Gasteiger partial charge in [0.2, 0.25) is 5.91 Å². The van der Waals surface area contributed by atoms with Gasteiger partial charge in [0.05, 0.1) is 20.7 Å². The van der Waals surface area contributed by atoms with Crippen molar-refractivity contribution >= 4 is 34.0 Å². The molecule has 2 atom stereocenters. The minimum atomic E-state index is -1.54. The fraction of sp³-hybridized carbons (Fsp3) is 0.417. The number of hydrogen-bond donors (Lipinski definition) is 2. The summed E-state index contributed by atoms with van der Waals surface area (Å²) in [6.45, 7) is 1.62. The van der Waals surface area contributed by atoms with Gasteiger partial charge in [0.25, 0.3) is 0 Å². The molecule has 0 saturated heterocycles. The molecule has 98 valence electrons. The van der Waals surface area contributed by atoms with E-state index in [1.54, 1.807) is 25.1 Å². The number of rotatable bonds is 4. The molecule has 1 aliphatic carbocycles. The molecule has 6 heteroatoms. The summed E-state index contributed by atoms with van der Waals surface area (Å²) in [6, 6.07) is 5.19. The van der Waals surface area contributed by atoms with Crippen LogP contribution in [0.1, 0.15) is 19.8 Å². The predicted octanol–water partition coefficient (Wildman–Crippen LogP) is 1.70. The van der Waals surface area contributed by atoms with Crippen LogP contribution in [0.5, 0.6) is 0 Å². The molecule has 0 aromatic heterocycles. The van der Waals surface area contributed by atoms with E-state index in [1.807, 2.05) is 0 Å². The highest BCUT2D eigenvalue weighted by Gasteiger charge is 2.29. The normalized spacial score (nSPS) is 18.1. The third kappa shape index (κ3) is 2.84.